The molecule has 4 atom stereocenters. The van der Waals surface area contributed by atoms with Crippen LogP contribution in [0.3, 0.4) is 0 Å². The molecule has 3 rings (SSSR count). The molecule has 1 aliphatic heterocycles. The number of carbonyl (C=O) groups is 2. The summed E-state index contributed by atoms with van der Waals surface area (Å²) >= 11 is 0. The summed E-state index contributed by atoms with van der Waals surface area (Å²) in [6.07, 6.45) is -6.85. The number of benzene rings is 1. The van der Waals surface area contributed by atoms with Crippen molar-refractivity contribution in [3.63, 3.8) is 0 Å². The number of primary amides is 1. The molecule has 7 nitrogen and oxygen atoms in total. The number of anilines is 1. The lowest BCUT2D eigenvalue weighted by molar-refractivity contribution is -0.272. The summed E-state index contributed by atoms with van der Waals surface area (Å²) in [4.78, 5) is 27.6. The molecule has 2 amide bonds. The molecular weight excluding hydrogens is 472 g/mol. The molecule has 2 aromatic rings. The Morgan fingerprint density at radius 3 is 2.41 bits per heavy atom. The van der Waals surface area contributed by atoms with Crippen LogP contribution in [0.25, 0.3) is 0 Å². The Morgan fingerprint density at radius 1 is 1.21 bits per heavy atom. The summed E-state index contributed by atoms with van der Waals surface area (Å²) in [6, 6.07) is 3.31. The minimum atomic E-state index is -4.95. The number of nitrogens with zero attached hydrogens (tertiary/aromatic N) is 1. The van der Waals surface area contributed by atoms with Crippen molar-refractivity contribution in [1.82, 2.24) is 4.98 Å². The van der Waals surface area contributed by atoms with E-state index in [2.05, 4.69) is 10.3 Å². The highest BCUT2D eigenvalue weighted by Crippen LogP contribution is 2.55. The molecule has 3 N–H and O–H groups in total. The summed E-state index contributed by atoms with van der Waals surface area (Å²) in [5.74, 6) is -9.85. The van der Waals surface area contributed by atoms with Crippen LogP contribution in [0.5, 0.6) is 5.75 Å². The first-order chi connectivity index (χ1) is 15.7. The van der Waals surface area contributed by atoms with Crippen molar-refractivity contribution in [2.24, 2.45) is 11.7 Å². The Morgan fingerprint density at radius 2 is 1.85 bits per heavy atom. The highest BCUT2D eigenvalue weighted by Gasteiger charge is 2.65. The van der Waals surface area contributed by atoms with Gasteiger partial charge >= 0.3 is 6.18 Å². The minimum Gasteiger partial charge on any atom is -0.493 e. The lowest BCUT2D eigenvalue weighted by Gasteiger charge is -2.32. The van der Waals surface area contributed by atoms with Crippen LogP contribution >= 0.6 is 0 Å². The molecule has 0 aliphatic carbocycles. The summed E-state index contributed by atoms with van der Waals surface area (Å²) < 4.78 is 93.7. The van der Waals surface area contributed by atoms with Gasteiger partial charge in [0, 0.05) is 29.2 Å². The first kappa shape index (κ1) is 25.3. The van der Waals surface area contributed by atoms with Gasteiger partial charge in [0.1, 0.15) is 11.8 Å². The van der Waals surface area contributed by atoms with Crippen LogP contribution in [0, 0.1) is 23.5 Å². The van der Waals surface area contributed by atoms with E-state index in [0.29, 0.717) is 12.1 Å². The normalized spacial score (nSPS) is 24.7. The van der Waals surface area contributed by atoms with Crippen molar-refractivity contribution >= 4 is 17.5 Å². The third-order valence-electron chi connectivity index (χ3n) is 5.88. The number of nitrogens with two attached hydrogens (primary N) is 1. The number of carbonyl (C=O) groups excluding carboxylic acids is 2. The van der Waals surface area contributed by atoms with Crippen LogP contribution in [0.15, 0.2) is 24.3 Å². The van der Waals surface area contributed by atoms with Crippen LogP contribution in [-0.4, -0.2) is 41.8 Å². The summed E-state index contributed by atoms with van der Waals surface area (Å²) in [7, 11) is 0.991. The van der Waals surface area contributed by atoms with Crippen molar-refractivity contribution in [3.8, 4) is 5.75 Å². The zero-order valence-electron chi connectivity index (χ0n) is 18.0. The Kier molecular flexibility index (Phi) is 6.53. The molecule has 2 heterocycles. The standard InChI is InChI=1S/C21H19F6N3O4/c1-8-14(10-4-5-11(22)15(24)16(10)33-3)17(34-20(8,2)21(25,26)27)19(32)29-9-6-12(18(28)31)30-13(23)7-9/h4-8,14,17H,1-3H3,(H2,28,31)(H,29,30,32)/t8-,14-,17+,20-/m0/s1. The fourth-order valence-corrected chi connectivity index (χ4v) is 3.95. The molecule has 34 heavy (non-hydrogen) atoms. The topological polar surface area (TPSA) is 104 Å². The second-order valence-corrected chi connectivity index (χ2v) is 7.86. The molecule has 1 aromatic carbocycles. The van der Waals surface area contributed by atoms with E-state index in [-0.39, 0.29) is 11.3 Å². The predicted molar refractivity (Wildman–Crippen MR) is 105 cm³/mol. The number of pyridine rings is 1. The molecule has 1 fully saturated rings. The van der Waals surface area contributed by atoms with Gasteiger partial charge in [0.25, 0.3) is 11.8 Å². The molecule has 0 unspecified atom stereocenters. The molecule has 184 valence electrons. The van der Waals surface area contributed by atoms with Gasteiger partial charge in [-0.15, -0.1) is 0 Å². The van der Waals surface area contributed by atoms with Crippen LogP contribution in [0.1, 0.15) is 35.8 Å². The van der Waals surface area contributed by atoms with Crippen molar-refractivity contribution in [1.29, 1.82) is 0 Å². The Bertz CT molecular complexity index is 1140. The molecule has 13 heteroatoms. The van der Waals surface area contributed by atoms with E-state index >= 15 is 0 Å². The lowest BCUT2D eigenvalue weighted by Crippen LogP contribution is -2.47. The SMILES string of the molecule is COc1c([C@H]2[C@H](C(=O)Nc3cc(F)nc(C(N)=O)c3)O[C@](C)(C(F)(F)F)[C@H]2C)ccc(F)c1F. The van der Waals surface area contributed by atoms with E-state index in [1.54, 1.807) is 0 Å². The maximum absolute atomic E-state index is 14.4. The van der Waals surface area contributed by atoms with Crippen LogP contribution in [0.4, 0.5) is 32.0 Å². The summed E-state index contributed by atoms with van der Waals surface area (Å²) in [6.45, 7) is 1.87. The quantitative estimate of drug-likeness (QED) is 0.491. The number of alkyl halides is 3. The minimum absolute atomic E-state index is 0.235. The van der Waals surface area contributed by atoms with Gasteiger partial charge in [-0.1, -0.05) is 13.0 Å². The Labute approximate surface area is 189 Å². The van der Waals surface area contributed by atoms with Gasteiger partial charge in [-0.05, 0) is 19.1 Å². The second-order valence-electron chi connectivity index (χ2n) is 7.86. The summed E-state index contributed by atoms with van der Waals surface area (Å²) in [5, 5.41) is 2.17. The van der Waals surface area contributed by atoms with Gasteiger partial charge in [-0.25, -0.2) is 9.37 Å². The highest BCUT2D eigenvalue weighted by atomic mass is 19.4. The van der Waals surface area contributed by atoms with Crippen LogP contribution in [-0.2, 0) is 9.53 Å². The monoisotopic (exact) mass is 491 g/mol. The second kappa shape index (κ2) is 8.78. The largest absolute Gasteiger partial charge is 0.493 e. The molecule has 1 saturated heterocycles. The molecule has 0 saturated carbocycles. The van der Waals surface area contributed by atoms with Crippen molar-refractivity contribution < 1.29 is 45.4 Å². The lowest BCUT2D eigenvalue weighted by atomic mass is 9.77. The van der Waals surface area contributed by atoms with Gasteiger partial charge in [-0.3, -0.25) is 9.59 Å². The fraction of sp³-hybridized carbons (Fsp3) is 0.381. The third kappa shape index (κ3) is 4.27. The maximum Gasteiger partial charge on any atom is 0.417 e. The van der Waals surface area contributed by atoms with Crippen LogP contribution in [0.2, 0.25) is 0 Å². The number of aromatic nitrogens is 1. The molecule has 0 spiro atoms. The number of rotatable bonds is 5. The number of hydrogen-bond acceptors (Lipinski definition) is 5. The smallest absolute Gasteiger partial charge is 0.417 e. The van der Waals surface area contributed by atoms with Gasteiger partial charge in [0.05, 0.1) is 7.11 Å². The van der Waals surface area contributed by atoms with Crippen LogP contribution < -0.4 is 15.8 Å². The Balaban J connectivity index is 2.09. The Hall–Kier alpha value is -3.35. The molecule has 0 bridgehead atoms. The average molecular weight is 491 g/mol. The zero-order valence-corrected chi connectivity index (χ0v) is 18.0. The van der Waals surface area contributed by atoms with E-state index in [9.17, 15) is 35.9 Å². The number of nitrogens with one attached hydrogen (secondary N) is 1. The van der Waals surface area contributed by atoms with E-state index in [4.69, 9.17) is 15.2 Å². The number of halogens is 6. The summed E-state index contributed by atoms with van der Waals surface area (Å²) in [5.41, 5.74) is 1.07. The van der Waals surface area contributed by atoms with E-state index in [1.807, 2.05) is 0 Å². The van der Waals surface area contributed by atoms with E-state index in [1.165, 1.54) is 0 Å². The first-order valence-electron chi connectivity index (χ1n) is 9.76. The number of amides is 2. The van der Waals surface area contributed by atoms with Crippen molar-refractivity contribution in [2.45, 2.75) is 37.6 Å². The first-order valence-corrected chi connectivity index (χ1v) is 9.76. The van der Waals surface area contributed by atoms with E-state index < -0.39 is 70.6 Å². The number of methoxy groups -OCH3 is 1. The highest BCUT2D eigenvalue weighted by molar-refractivity contribution is 5.97. The third-order valence-corrected chi connectivity index (χ3v) is 5.88. The van der Waals surface area contributed by atoms with Crippen molar-refractivity contribution in [3.05, 3.63) is 53.1 Å². The predicted octanol–water partition coefficient (Wildman–Crippen LogP) is 3.68. The van der Waals surface area contributed by atoms with Gasteiger partial charge in [-0.2, -0.15) is 22.0 Å². The molecule has 1 aliphatic rings. The van der Waals surface area contributed by atoms with Gasteiger partial charge in [0.15, 0.2) is 17.2 Å². The van der Waals surface area contributed by atoms with Crippen molar-refractivity contribution in [2.75, 3.05) is 12.4 Å². The average Bonchev–Trinajstić information content (AvgIpc) is 3.01. The van der Waals surface area contributed by atoms with Gasteiger partial charge in [0.2, 0.25) is 11.8 Å². The number of hydrogen-bond donors (Lipinski definition) is 2. The molecule has 0 radical (unpaired) electrons. The van der Waals surface area contributed by atoms with E-state index in [0.717, 1.165) is 33.1 Å². The number of ether oxygens (including phenoxy) is 2. The fourth-order valence-electron chi connectivity index (χ4n) is 3.95. The molecule has 1 aromatic heterocycles. The maximum atomic E-state index is 14.4. The zero-order chi connectivity index (χ0) is 25.6. The molecular formula is C21H19F6N3O4. The van der Waals surface area contributed by atoms with Gasteiger partial charge < -0.3 is 20.5 Å².